The summed E-state index contributed by atoms with van der Waals surface area (Å²) in [6.07, 6.45) is 3.34. The SMILES string of the molecule is Cn1nccc1-c1cc(-c2ccnn2C)n2nc(C(=O)[O-])cc2n1. The number of carboxylic acid groups (broad SMARTS) is 1. The van der Waals surface area contributed by atoms with E-state index in [0.717, 1.165) is 11.4 Å². The summed E-state index contributed by atoms with van der Waals surface area (Å²) < 4.78 is 4.85. The van der Waals surface area contributed by atoms with Gasteiger partial charge in [0.05, 0.1) is 28.7 Å². The van der Waals surface area contributed by atoms with E-state index in [2.05, 4.69) is 20.3 Å². The van der Waals surface area contributed by atoms with Gasteiger partial charge in [-0.1, -0.05) is 0 Å². The number of nitrogens with zero attached hydrogens (tertiary/aromatic N) is 7. The summed E-state index contributed by atoms with van der Waals surface area (Å²) in [5.74, 6) is -1.35. The number of carboxylic acids is 1. The number of hydrogen-bond donors (Lipinski definition) is 0. The zero-order valence-electron chi connectivity index (χ0n) is 12.9. The Morgan fingerprint density at radius 1 is 1.00 bits per heavy atom. The molecule has 0 bridgehead atoms. The third-order valence-corrected chi connectivity index (χ3v) is 3.80. The molecule has 0 atom stereocenters. The highest BCUT2D eigenvalue weighted by Gasteiger charge is 2.16. The highest BCUT2D eigenvalue weighted by molar-refractivity contribution is 5.85. The minimum atomic E-state index is -1.35. The van der Waals surface area contributed by atoms with Crippen LogP contribution in [0.25, 0.3) is 28.4 Å². The molecule has 0 amide bonds. The van der Waals surface area contributed by atoms with E-state index in [1.807, 2.05) is 25.2 Å². The molecule has 0 N–H and O–H groups in total. The summed E-state index contributed by atoms with van der Waals surface area (Å²) in [6, 6.07) is 6.87. The Labute approximate surface area is 135 Å². The summed E-state index contributed by atoms with van der Waals surface area (Å²) in [5.41, 5.74) is 3.14. The molecule has 0 saturated heterocycles. The van der Waals surface area contributed by atoms with Crippen LogP contribution in [0.5, 0.6) is 0 Å². The normalized spacial score (nSPS) is 11.2. The number of carbonyl (C=O) groups is 1. The third kappa shape index (κ3) is 2.06. The van der Waals surface area contributed by atoms with Crippen LogP contribution < -0.4 is 5.11 Å². The highest BCUT2D eigenvalue weighted by Crippen LogP contribution is 2.25. The second-order valence-corrected chi connectivity index (χ2v) is 5.29. The van der Waals surface area contributed by atoms with Crippen molar-refractivity contribution in [3.05, 3.63) is 42.4 Å². The molecule has 0 aliphatic carbocycles. The van der Waals surface area contributed by atoms with Gasteiger partial charge < -0.3 is 9.90 Å². The van der Waals surface area contributed by atoms with Crippen molar-refractivity contribution in [1.82, 2.24) is 34.2 Å². The predicted octanol–water partition coefficient (Wildman–Crippen LogP) is -0.106. The lowest BCUT2D eigenvalue weighted by Gasteiger charge is -2.08. The first-order valence-electron chi connectivity index (χ1n) is 7.13. The molecule has 24 heavy (non-hydrogen) atoms. The fraction of sp³-hybridized carbons (Fsp3) is 0.133. The number of rotatable bonds is 3. The first-order valence-corrected chi connectivity index (χ1v) is 7.13. The molecule has 120 valence electrons. The second kappa shape index (κ2) is 5.01. The van der Waals surface area contributed by atoms with Crippen LogP contribution in [0.15, 0.2) is 36.7 Å². The average molecular weight is 322 g/mol. The van der Waals surface area contributed by atoms with E-state index in [9.17, 15) is 9.90 Å². The maximum absolute atomic E-state index is 11.2. The standard InChI is InChI=1S/C15H13N7O2/c1-20-11(3-5-16-20)9-7-13(12-4-6-17-21(12)2)22-14(18-9)8-10(19-22)15(23)24/h3-8H,1-2H3,(H,23,24)/p-1. The van der Waals surface area contributed by atoms with Gasteiger partial charge in [-0.05, 0) is 18.2 Å². The number of aryl methyl sites for hydroxylation is 2. The number of hydrogen-bond acceptors (Lipinski definition) is 6. The molecule has 0 spiro atoms. The Bertz CT molecular complexity index is 1070. The van der Waals surface area contributed by atoms with Crippen molar-refractivity contribution in [3.63, 3.8) is 0 Å². The van der Waals surface area contributed by atoms with Crippen LogP contribution >= 0.6 is 0 Å². The van der Waals surface area contributed by atoms with Crippen LogP contribution in [0.1, 0.15) is 10.5 Å². The fourth-order valence-corrected chi connectivity index (χ4v) is 2.64. The minimum Gasteiger partial charge on any atom is -0.543 e. The molecule has 0 aliphatic rings. The van der Waals surface area contributed by atoms with Crippen molar-refractivity contribution in [2.45, 2.75) is 0 Å². The molecule has 4 aromatic rings. The molecular formula is C15H12N7O2-. The summed E-state index contributed by atoms with van der Waals surface area (Å²) in [6.45, 7) is 0. The number of fused-ring (bicyclic) bond motifs is 1. The van der Waals surface area contributed by atoms with E-state index in [0.29, 0.717) is 17.0 Å². The van der Waals surface area contributed by atoms with Crippen LogP contribution in [0, 0.1) is 0 Å². The third-order valence-electron chi connectivity index (χ3n) is 3.80. The Hall–Kier alpha value is -3.49. The Kier molecular flexibility index (Phi) is 2.95. The summed E-state index contributed by atoms with van der Waals surface area (Å²) >= 11 is 0. The molecule has 4 heterocycles. The zero-order valence-corrected chi connectivity index (χ0v) is 12.9. The monoisotopic (exact) mass is 322 g/mol. The fourth-order valence-electron chi connectivity index (χ4n) is 2.64. The molecule has 0 radical (unpaired) electrons. The summed E-state index contributed by atoms with van der Waals surface area (Å²) in [5, 5.41) is 23.5. The average Bonchev–Trinajstić information content (AvgIpc) is 3.25. The Morgan fingerprint density at radius 3 is 2.25 bits per heavy atom. The lowest BCUT2D eigenvalue weighted by atomic mass is 10.2. The number of carbonyl (C=O) groups excluding carboxylic acids is 1. The quantitative estimate of drug-likeness (QED) is 0.521. The van der Waals surface area contributed by atoms with E-state index in [-0.39, 0.29) is 5.69 Å². The molecule has 9 heteroatoms. The molecule has 9 nitrogen and oxygen atoms in total. The topological polar surface area (TPSA) is 106 Å². The van der Waals surface area contributed by atoms with Crippen molar-refractivity contribution < 1.29 is 9.90 Å². The Morgan fingerprint density at radius 2 is 1.67 bits per heavy atom. The maximum Gasteiger partial charge on any atom is 0.157 e. The first-order chi connectivity index (χ1) is 11.5. The molecule has 0 fully saturated rings. The van der Waals surface area contributed by atoms with Crippen LogP contribution in [0.3, 0.4) is 0 Å². The second-order valence-electron chi connectivity index (χ2n) is 5.29. The van der Waals surface area contributed by atoms with Crippen molar-refractivity contribution in [1.29, 1.82) is 0 Å². The van der Waals surface area contributed by atoms with Gasteiger partial charge in [-0.25, -0.2) is 9.50 Å². The van der Waals surface area contributed by atoms with Crippen LogP contribution in [0.2, 0.25) is 0 Å². The van der Waals surface area contributed by atoms with Gasteiger partial charge in [0.25, 0.3) is 0 Å². The van der Waals surface area contributed by atoms with Gasteiger partial charge in [0, 0.05) is 32.6 Å². The minimum absolute atomic E-state index is 0.173. The summed E-state index contributed by atoms with van der Waals surface area (Å²) in [7, 11) is 3.61. The van der Waals surface area contributed by atoms with Crippen molar-refractivity contribution >= 4 is 11.6 Å². The van der Waals surface area contributed by atoms with Gasteiger partial charge >= 0.3 is 0 Å². The maximum atomic E-state index is 11.2. The van der Waals surface area contributed by atoms with E-state index in [1.165, 1.54) is 10.6 Å². The van der Waals surface area contributed by atoms with E-state index in [1.54, 1.807) is 28.8 Å². The van der Waals surface area contributed by atoms with Gasteiger partial charge in [0.15, 0.2) is 5.65 Å². The van der Waals surface area contributed by atoms with Gasteiger partial charge in [-0.15, -0.1) is 0 Å². The first kappa shape index (κ1) is 14.1. The highest BCUT2D eigenvalue weighted by atomic mass is 16.4. The van der Waals surface area contributed by atoms with Gasteiger partial charge in [-0.3, -0.25) is 9.36 Å². The molecule has 0 aliphatic heterocycles. The van der Waals surface area contributed by atoms with E-state index >= 15 is 0 Å². The molecule has 4 rings (SSSR count). The molecule has 0 unspecified atom stereocenters. The molecule has 0 aromatic carbocycles. The van der Waals surface area contributed by atoms with Gasteiger partial charge in [0.2, 0.25) is 0 Å². The number of aromatic carboxylic acids is 1. The molecular weight excluding hydrogens is 310 g/mol. The summed E-state index contributed by atoms with van der Waals surface area (Å²) in [4.78, 5) is 15.7. The molecule has 0 saturated carbocycles. The largest absolute Gasteiger partial charge is 0.543 e. The van der Waals surface area contributed by atoms with E-state index < -0.39 is 5.97 Å². The zero-order chi connectivity index (χ0) is 16.8. The van der Waals surface area contributed by atoms with Crippen LogP contribution in [0.4, 0.5) is 0 Å². The van der Waals surface area contributed by atoms with Gasteiger partial charge in [0.1, 0.15) is 5.69 Å². The lowest BCUT2D eigenvalue weighted by molar-refractivity contribution is -0.255. The van der Waals surface area contributed by atoms with Crippen molar-refractivity contribution in [2.75, 3.05) is 0 Å². The Balaban J connectivity index is 2.05. The lowest BCUT2D eigenvalue weighted by Crippen LogP contribution is -2.22. The van der Waals surface area contributed by atoms with E-state index in [4.69, 9.17) is 0 Å². The van der Waals surface area contributed by atoms with Crippen LogP contribution in [-0.2, 0) is 14.1 Å². The van der Waals surface area contributed by atoms with Crippen molar-refractivity contribution in [2.24, 2.45) is 14.1 Å². The molecule has 4 aromatic heterocycles. The number of aromatic nitrogens is 7. The van der Waals surface area contributed by atoms with Crippen LogP contribution in [-0.4, -0.2) is 40.1 Å². The van der Waals surface area contributed by atoms with Crippen molar-refractivity contribution in [3.8, 4) is 22.8 Å². The predicted molar refractivity (Wildman–Crippen MR) is 81.7 cm³/mol. The smallest absolute Gasteiger partial charge is 0.157 e. The van der Waals surface area contributed by atoms with Gasteiger partial charge in [-0.2, -0.15) is 15.3 Å².